The number of ether oxygens (including phenoxy) is 1. The van der Waals surface area contributed by atoms with Crippen molar-refractivity contribution in [3.8, 4) is 0 Å². The molecule has 0 aliphatic carbocycles. The molecule has 2 N–H and O–H groups in total. The summed E-state index contributed by atoms with van der Waals surface area (Å²) in [6.07, 6.45) is -0.593. The van der Waals surface area contributed by atoms with Crippen LogP contribution in [0.5, 0.6) is 0 Å². The Balaban J connectivity index is 0. The highest BCUT2D eigenvalue weighted by atomic mass is 16.4. The third-order valence-electron chi connectivity index (χ3n) is 0.553. The van der Waals surface area contributed by atoms with Gasteiger partial charge in [0.2, 0.25) is 0 Å². The van der Waals surface area contributed by atoms with Gasteiger partial charge in [0.15, 0.2) is 0 Å². The van der Waals surface area contributed by atoms with Gasteiger partial charge in [-0.2, -0.15) is 0 Å². The fraction of sp³-hybridized carbons (Fsp3) is 0.667. The smallest absolute Gasteiger partial charge is 0.303 e. The lowest BCUT2D eigenvalue weighted by Gasteiger charge is -1.85. The van der Waals surface area contributed by atoms with E-state index in [2.05, 4.69) is 4.74 Å². The zero-order valence-corrected chi connectivity index (χ0v) is 6.53. The highest BCUT2D eigenvalue weighted by molar-refractivity contribution is 5.75. The van der Waals surface area contributed by atoms with Gasteiger partial charge in [0, 0.05) is 14.2 Å². The zero-order valence-electron chi connectivity index (χ0n) is 6.53. The average molecular weight is 164 g/mol. The van der Waals surface area contributed by atoms with Gasteiger partial charge in [0.25, 0.3) is 0 Å². The largest absolute Gasteiger partial charge is 0.481 e. The van der Waals surface area contributed by atoms with Crippen LogP contribution in [0.4, 0.5) is 0 Å². The van der Waals surface area contributed by atoms with E-state index < -0.39 is 11.9 Å². The van der Waals surface area contributed by atoms with Crippen molar-refractivity contribution >= 4 is 11.9 Å². The molecule has 0 saturated heterocycles. The molecule has 0 heterocycles. The SMILES string of the molecule is COC.O=C(O)CCC(=O)O. The van der Waals surface area contributed by atoms with E-state index in [0.717, 1.165) is 0 Å². The second-order valence-electron chi connectivity index (χ2n) is 1.70. The van der Waals surface area contributed by atoms with E-state index in [0.29, 0.717) is 0 Å². The Kier molecular flexibility index (Phi) is 10.2. The van der Waals surface area contributed by atoms with Crippen molar-refractivity contribution in [1.82, 2.24) is 0 Å². The number of carboxylic acid groups (broad SMARTS) is 2. The summed E-state index contributed by atoms with van der Waals surface area (Å²) in [5.74, 6) is -2.15. The number of methoxy groups -OCH3 is 1. The molecule has 0 rings (SSSR count). The molecule has 66 valence electrons. The van der Waals surface area contributed by atoms with E-state index >= 15 is 0 Å². The molecule has 0 atom stereocenters. The molecule has 0 aliphatic heterocycles. The Bertz CT molecular complexity index is 106. The molecule has 0 aromatic heterocycles. The normalized spacial score (nSPS) is 7.82. The van der Waals surface area contributed by atoms with Gasteiger partial charge in [0.1, 0.15) is 0 Å². The van der Waals surface area contributed by atoms with E-state index in [1.54, 1.807) is 14.2 Å². The first-order valence-corrected chi connectivity index (χ1v) is 2.88. The molecule has 0 aromatic rings. The molecule has 0 amide bonds. The number of carboxylic acids is 2. The first-order valence-electron chi connectivity index (χ1n) is 2.88. The lowest BCUT2D eigenvalue weighted by molar-refractivity contribution is -0.143. The minimum Gasteiger partial charge on any atom is -0.481 e. The van der Waals surface area contributed by atoms with Crippen LogP contribution in [0, 0.1) is 0 Å². The third-order valence-corrected chi connectivity index (χ3v) is 0.553. The Morgan fingerprint density at radius 2 is 1.27 bits per heavy atom. The summed E-state index contributed by atoms with van der Waals surface area (Å²) in [4.78, 5) is 19.3. The van der Waals surface area contributed by atoms with E-state index in [-0.39, 0.29) is 12.8 Å². The molecule has 0 radical (unpaired) electrons. The number of hydrogen-bond acceptors (Lipinski definition) is 3. The molecule has 0 fully saturated rings. The molecule has 5 nitrogen and oxygen atoms in total. The van der Waals surface area contributed by atoms with Gasteiger partial charge in [-0.1, -0.05) is 0 Å². The maximum Gasteiger partial charge on any atom is 0.303 e. The summed E-state index contributed by atoms with van der Waals surface area (Å²) in [5, 5.41) is 15.8. The number of carbonyl (C=O) groups is 2. The highest BCUT2D eigenvalue weighted by Gasteiger charge is 2.00. The second-order valence-corrected chi connectivity index (χ2v) is 1.70. The number of aliphatic carboxylic acids is 2. The van der Waals surface area contributed by atoms with Gasteiger partial charge in [-0.15, -0.1) is 0 Å². The predicted octanol–water partition coefficient (Wildman–Crippen LogP) is 0.198. The first kappa shape index (κ1) is 12.6. The maximum atomic E-state index is 9.64. The Labute approximate surface area is 64.6 Å². The molecular formula is C6H12O5. The van der Waals surface area contributed by atoms with Crippen molar-refractivity contribution < 1.29 is 24.5 Å². The molecule has 0 aromatic carbocycles. The van der Waals surface area contributed by atoms with Crippen LogP contribution in [0.2, 0.25) is 0 Å². The van der Waals surface area contributed by atoms with Crippen molar-refractivity contribution in [2.24, 2.45) is 0 Å². The van der Waals surface area contributed by atoms with Crippen molar-refractivity contribution in [2.45, 2.75) is 12.8 Å². The average Bonchev–Trinajstić information content (AvgIpc) is 1.85. The van der Waals surface area contributed by atoms with Gasteiger partial charge >= 0.3 is 11.9 Å². The van der Waals surface area contributed by atoms with Crippen molar-refractivity contribution in [2.75, 3.05) is 14.2 Å². The Morgan fingerprint density at radius 3 is 1.36 bits per heavy atom. The van der Waals surface area contributed by atoms with Crippen LogP contribution in [-0.2, 0) is 14.3 Å². The summed E-state index contributed by atoms with van der Waals surface area (Å²) in [6, 6.07) is 0. The first-order chi connectivity index (χ1) is 5.04. The third kappa shape index (κ3) is 27.9. The van der Waals surface area contributed by atoms with Crippen LogP contribution < -0.4 is 0 Å². The van der Waals surface area contributed by atoms with Crippen LogP contribution >= 0.6 is 0 Å². The monoisotopic (exact) mass is 164 g/mol. The van der Waals surface area contributed by atoms with Crippen LogP contribution in [0.25, 0.3) is 0 Å². The zero-order chi connectivity index (χ0) is 9.28. The van der Waals surface area contributed by atoms with Crippen molar-refractivity contribution in [1.29, 1.82) is 0 Å². The predicted molar refractivity (Wildman–Crippen MR) is 37.4 cm³/mol. The lowest BCUT2D eigenvalue weighted by atomic mass is 10.3. The van der Waals surface area contributed by atoms with Crippen LogP contribution in [0.1, 0.15) is 12.8 Å². The highest BCUT2D eigenvalue weighted by Crippen LogP contribution is 1.85. The quantitative estimate of drug-likeness (QED) is 0.622. The molecule has 0 bridgehead atoms. The topological polar surface area (TPSA) is 83.8 Å². The van der Waals surface area contributed by atoms with E-state index in [4.69, 9.17) is 10.2 Å². The maximum absolute atomic E-state index is 9.64. The van der Waals surface area contributed by atoms with Crippen LogP contribution in [-0.4, -0.2) is 36.4 Å². The minimum atomic E-state index is -1.08. The number of rotatable bonds is 3. The van der Waals surface area contributed by atoms with E-state index in [1.807, 2.05) is 0 Å². The summed E-state index contributed by atoms with van der Waals surface area (Å²) in [7, 11) is 3.25. The lowest BCUT2D eigenvalue weighted by Crippen LogP contribution is -2.00. The fourth-order valence-electron chi connectivity index (χ4n) is 0.214. The van der Waals surface area contributed by atoms with E-state index in [1.165, 1.54) is 0 Å². The van der Waals surface area contributed by atoms with Crippen molar-refractivity contribution in [3.05, 3.63) is 0 Å². The van der Waals surface area contributed by atoms with Gasteiger partial charge in [0.05, 0.1) is 12.8 Å². The van der Waals surface area contributed by atoms with E-state index in [9.17, 15) is 9.59 Å². The standard InChI is InChI=1S/C4H6O4.C2H6O/c5-3(6)1-2-4(7)8;1-3-2/h1-2H2,(H,5,6)(H,7,8);1-2H3. The molecule has 0 aliphatic rings. The molecule has 0 spiro atoms. The molecule has 0 unspecified atom stereocenters. The van der Waals surface area contributed by atoms with Gasteiger partial charge in [-0.3, -0.25) is 9.59 Å². The summed E-state index contributed by atoms with van der Waals surface area (Å²) >= 11 is 0. The number of hydrogen-bond donors (Lipinski definition) is 2. The Morgan fingerprint density at radius 1 is 1.09 bits per heavy atom. The van der Waals surface area contributed by atoms with Gasteiger partial charge in [-0.25, -0.2) is 0 Å². The second kappa shape index (κ2) is 8.90. The van der Waals surface area contributed by atoms with Crippen molar-refractivity contribution in [3.63, 3.8) is 0 Å². The fourth-order valence-corrected chi connectivity index (χ4v) is 0.214. The molecule has 0 saturated carbocycles. The van der Waals surface area contributed by atoms with Gasteiger partial charge < -0.3 is 14.9 Å². The summed E-state index contributed by atoms with van der Waals surface area (Å²) in [5.41, 5.74) is 0. The molecular weight excluding hydrogens is 152 g/mol. The summed E-state index contributed by atoms with van der Waals surface area (Å²) in [6.45, 7) is 0. The molecule has 5 heteroatoms. The molecule has 11 heavy (non-hydrogen) atoms. The van der Waals surface area contributed by atoms with Gasteiger partial charge in [-0.05, 0) is 0 Å². The van der Waals surface area contributed by atoms with Crippen LogP contribution in [0.3, 0.4) is 0 Å². The van der Waals surface area contributed by atoms with Crippen LogP contribution in [0.15, 0.2) is 0 Å². The summed E-state index contributed by atoms with van der Waals surface area (Å²) < 4.78 is 4.25. The minimum absolute atomic E-state index is 0.296. The Hall–Kier alpha value is -1.10.